The number of nitrogens with one attached hydrogen (secondary N) is 2. The molecule has 2 N–H and O–H groups in total. The van der Waals surface area contributed by atoms with E-state index in [0.29, 0.717) is 28.4 Å². The summed E-state index contributed by atoms with van der Waals surface area (Å²) in [6, 6.07) is 22.4. The van der Waals surface area contributed by atoms with Gasteiger partial charge in [0.2, 0.25) is 11.8 Å². The Morgan fingerprint density at radius 2 is 1.90 bits per heavy atom. The average molecular weight is 430 g/mol. The van der Waals surface area contributed by atoms with Crippen molar-refractivity contribution >= 4 is 46.1 Å². The molecule has 31 heavy (non-hydrogen) atoms. The SMILES string of the molecule is COc1ccc2oc(-c3cccc(NC(=S)NC(=O)C=Cc4ccccc4)c3)nc2c1. The predicted octanol–water partition coefficient (Wildman–Crippen LogP) is 5.03. The molecule has 1 aromatic heterocycles. The Labute approximate surface area is 184 Å². The second-order valence-corrected chi connectivity index (χ2v) is 7.03. The maximum absolute atomic E-state index is 12.1. The Bertz CT molecular complexity index is 1270. The topological polar surface area (TPSA) is 76.4 Å². The number of nitrogens with zero attached hydrogens (tertiary/aromatic N) is 1. The largest absolute Gasteiger partial charge is 0.497 e. The molecule has 0 radical (unpaired) electrons. The molecule has 0 saturated carbocycles. The molecule has 0 aliphatic rings. The Morgan fingerprint density at radius 3 is 2.71 bits per heavy atom. The van der Waals surface area contributed by atoms with Crippen LogP contribution >= 0.6 is 12.2 Å². The number of hydrogen-bond acceptors (Lipinski definition) is 5. The highest BCUT2D eigenvalue weighted by Crippen LogP contribution is 2.28. The molecule has 4 aromatic rings. The molecule has 4 rings (SSSR count). The molecule has 0 fully saturated rings. The molecule has 0 aliphatic heterocycles. The fraction of sp³-hybridized carbons (Fsp3) is 0.0417. The minimum atomic E-state index is -0.314. The minimum Gasteiger partial charge on any atom is -0.497 e. The number of thiocarbonyl (C=S) groups is 1. The first-order valence-corrected chi connectivity index (χ1v) is 9.92. The molecular formula is C24H19N3O3S. The summed E-state index contributed by atoms with van der Waals surface area (Å²) in [5.41, 5.74) is 3.79. The summed E-state index contributed by atoms with van der Waals surface area (Å²) in [4.78, 5) is 16.6. The summed E-state index contributed by atoms with van der Waals surface area (Å²) in [5.74, 6) is 0.878. The van der Waals surface area contributed by atoms with Gasteiger partial charge in [-0.25, -0.2) is 4.98 Å². The van der Waals surface area contributed by atoms with Gasteiger partial charge in [-0.15, -0.1) is 0 Å². The van der Waals surface area contributed by atoms with E-state index < -0.39 is 0 Å². The first kappa shape index (κ1) is 20.3. The van der Waals surface area contributed by atoms with Crippen LogP contribution in [0.25, 0.3) is 28.6 Å². The molecule has 1 heterocycles. The van der Waals surface area contributed by atoms with Gasteiger partial charge in [0.05, 0.1) is 7.11 Å². The molecule has 1 amide bonds. The van der Waals surface area contributed by atoms with E-state index in [0.717, 1.165) is 11.1 Å². The van der Waals surface area contributed by atoms with Gasteiger partial charge < -0.3 is 14.5 Å². The van der Waals surface area contributed by atoms with Gasteiger partial charge in [-0.05, 0) is 54.2 Å². The van der Waals surface area contributed by atoms with E-state index in [4.69, 9.17) is 21.4 Å². The summed E-state index contributed by atoms with van der Waals surface area (Å²) in [7, 11) is 1.61. The van der Waals surface area contributed by atoms with Crippen LogP contribution in [0.4, 0.5) is 5.69 Å². The van der Waals surface area contributed by atoms with Crippen molar-refractivity contribution in [1.29, 1.82) is 0 Å². The fourth-order valence-electron chi connectivity index (χ4n) is 2.94. The lowest BCUT2D eigenvalue weighted by atomic mass is 10.2. The van der Waals surface area contributed by atoms with Crippen LogP contribution in [-0.2, 0) is 4.79 Å². The Balaban J connectivity index is 1.43. The molecule has 6 nitrogen and oxygen atoms in total. The lowest BCUT2D eigenvalue weighted by Crippen LogP contribution is -2.32. The quantitative estimate of drug-likeness (QED) is 0.342. The van der Waals surface area contributed by atoms with Crippen molar-refractivity contribution < 1.29 is 13.9 Å². The highest BCUT2D eigenvalue weighted by Gasteiger charge is 2.10. The van der Waals surface area contributed by atoms with E-state index in [1.165, 1.54) is 6.08 Å². The zero-order valence-corrected chi connectivity index (χ0v) is 17.5. The van der Waals surface area contributed by atoms with Gasteiger partial charge >= 0.3 is 0 Å². The van der Waals surface area contributed by atoms with Crippen molar-refractivity contribution in [3.8, 4) is 17.2 Å². The van der Waals surface area contributed by atoms with Crippen LogP contribution in [0, 0.1) is 0 Å². The van der Waals surface area contributed by atoms with Gasteiger partial charge in [0.25, 0.3) is 0 Å². The molecule has 0 spiro atoms. The molecule has 0 saturated heterocycles. The second kappa shape index (κ2) is 9.23. The molecule has 7 heteroatoms. The van der Waals surface area contributed by atoms with Crippen LogP contribution in [0.3, 0.4) is 0 Å². The van der Waals surface area contributed by atoms with Crippen molar-refractivity contribution in [3.05, 3.63) is 84.4 Å². The van der Waals surface area contributed by atoms with Crippen LogP contribution in [0.2, 0.25) is 0 Å². The van der Waals surface area contributed by atoms with Crippen LogP contribution in [0.5, 0.6) is 5.75 Å². The number of carbonyl (C=O) groups is 1. The van der Waals surface area contributed by atoms with Crippen molar-refractivity contribution in [2.75, 3.05) is 12.4 Å². The number of aromatic nitrogens is 1. The summed E-state index contributed by atoms with van der Waals surface area (Å²) < 4.78 is 11.1. The number of hydrogen-bond donors (Lipinski definition) is 2. The number of oxazole rings is 1. The average Bonchev–Trinajstić information content (AvgIpc) is 3.22. The van der Waals surface area contributed by atoms with Gasteiger partial charge in [-0.3, -0.25) is 10.1 Å². The Hall–Kier alpha value is -3.97. The molecule has 0 unspecified atom stereocenters. The van der Waals surface area contributed by atoms with E-state index in [1.54, 1.807) is 13.2 Å². The molecule has 0 atom stereocenters. The van der Waals surface area contributed by atoms with Gasteiger partial charge in [-0.1, -0.05) is 36.4 Å². The van der Waals surface area contributed by atoms with Crippen LogP contribution in [0.1, 0.15) is 5.56 Å². The third-order valence-electron chi connectivity index (χ3n) is 4.43. The lowest BCUT2D eigenvalue weighted by Gasteiger charge is -2.08. The third-order valence-corrected chi connectivity index (χ3v) is 4.63. The monoisotopic (exact) mass is 429 g/mol. The number of anilines is 1. The number of rotatable bonds is 5. The number of carbonyl (C=O) groups excluding carboxylic acids is 1. The summed E-state index contributed by atoms with van der Waals surface area (Å²) >= 11 is 5.25. The van der Waals surface area contributed by atoms with Crippen molar-refractivity contribution in [2.45, 2.75) is 0 Å². The number of amides is 1. The van der Waals surface area contributed by atoms with E-state index in [1.807, 2.05) is 72.8 Å². The van der Waals surface area contributed by atoms with E-state index in [-0.39, 0.29) is 11.0 Å². The van der Waals surface area contributed by atoms with Crippen LogP contribution in [-0.4, -0.2) is 23.1 Å². The maximum Gasteiger partial charge on any atom is 0.250 e. The van der Waals surface area contributed by atoms with Gasteiger partial charge in [-0.2, -0.15) is 0 Å². The number of fused-ring (bicyclic) bond motifs is 1. The van der Waals surface area contributed by atoms with Crippen molar-refractivity contribution in [1.82, 2.24) is 10.3 Å². The highest BCUT2D eigenvalue weighted by atomic mass is 32.1. The molecular weight excluding hydrogens is 410 g/mol. The zero-order valence-electron chi connectivity index (χ0n) is 16.7. The third kappa shape index (κ3) is 5.15. The summed E-state index contributed by atoms with van der Waals surface area (Å²) in [5, 5.41) is 5.84. The Morgan fingerprint density at radius 1 is 1.06 bits per heavy atom. The highest BCUT2D eigenvalue weighted by molar-refractivity contribution is 7.80. The first-order valence-electron chi connectivity index (χ1n) is 9.51. The maximum atomic E-state index is 12.1. The normalized spacial score (nSPS) is 10.9. The molecule has 3 aromatic carbocycles. The Kier molecular flexibility index (Phi) is 6.05. The molecule has 0 bridgehead atoms. The van der Waals surface area contributed by atoms with Gasteiger partial charge in [0.1, 0.15) is 11.3 Å². The zero-order chi connectivity index (χ0) is 21.6. The van der Waals surface area contributed by atoms with E-state index >= 15 is 0 Å². The molecule has 154 valence electrons. The van der Waals surface area contributed by atoms with Crippen molar-refractivity contribution in [2.24, 2.45) is 0 Å². The number of methoxy groups -OCH3 is 1. The predicted molar refractivity (Wildman–Crippen MR) is 126 cm³/mol. The minimum absolute atomic E-state index is 0.196. The summed E-state index contributed by atoms with van der Waals surface area (Å²) in [6.07, 6.45) is 3.16. The molecule has 0 aliphatic carbocycles. The van der Waals surface area contributed by atoms with E-state index in [2.05, 4.69) is 15.6 Å². The van der Waals surface area contributed by atoms with Crippen LogP contribution < -0.4 is 15.4 Å². The van der Waals surface area contributed by atoms with Crippen molar-refractivity contribution in [3.63, 3.8) is 0 Å². The van der Waals surface area contributed by atoms with Gasteiger partial charge in [0, 0.05) is 23.4 Å². The smallest absolute Gasteiger partial charge is 0.250 e. The number of benzene rings is 3. The lowest BCUT2D eigenvalue weighted by molar-refractivity contribution is -0.115. The number of ether oxygens (including phenoxy) is 1. The van der Waals surface area contributed by atoms with Gasteiger partial charge in [0.15, 0.2) is 10.7 Å². The second-order valence-electron chi connectivity index (χ2n) is 6.62. The van der Waals surface area contributed by atoms with E-state index in [9.17, 15) is 4.79 Å². The summed E-state index contributed by atoms with van der Waals surface area (Å²) in [6.45, 7) is 0. The standard InChI is InChI=1S/C24H19N3O3S/c1-29-19-11-12-21-20(15-19)26-23(30-21)17-8-5-9-18(14-17)25-24(31)27-22(28)13-10-16-6-3-2-4-7-16/h2-15H,1H3,(H2,25,27,28,31). The first-order chi connectivity index (χ1) is 15.1. The van der Waals surface area contributed by atoms with Crippen LogP contribution in [0.15, 0.2) is 83.3 Å². The fourth-order valence-corrected chi connectivity index (χ4v) is 3.16.